The second-order valence-corrected chi connectivity index (χ2v) is 5.02. The number of nitrogens with one attached hydrogen (secondary N) is 1. The van der Waals surface area contributed by atoms with Gasteiger partial charge in [0.2, 0.25) is 0 Å². The van der Waals surface area contributed by atoms with Gasteiger partial charge in [-0.15, -0.1) is 0 Å². The Balaban J connectivity index is 2.55. The van der Waals surface area contributed by atoms with Crippen LogP contribution in [-0.4, -0.2) is 12.6 Å². The molecule has 0 fully saturated rings. The summed E-state index contributed by atoms with van der Waals surface area (Å²) >= 11 is 6.02. The highest BCUT2D eigenvalue weighted by molar-refractivity contribution is 6.31. The maximum Gasteiger partial charge on any atom is 0.123 e. The Bertz CT molecular complexity index is 339. The smallest absolute Gasteiger partial charge is 0.123 e. The molecule has 90 valence electrons. The molecule has 0 aliphatic heterocycles. The fraction of sp³-hybridized carbons (Fsp3) is 0.538. The molecule has 1 aromatic rings. The first-order chi connectivity index (χ1) is 7.49. The van der Waals surface area contributed by atoms with E-state index in [1.807, 2.05) is 0 Å². The van der Waals surface area contributed by atoms with E-state index in [2.05, 4.69) is 26.1 Å². The molecule has 16 heavy (non-hydrogen) atoms. The minimum absolute atomic E-state index is 0.219. The molecule has 1 aromatic carbocycles. The number of rotatable bonds is 5. The molecule has 0 spiro atoms. The summed E-state index contributed by atoms with van der Waals surface area (Å²) in [4.78, 5) is 0. The molecule has 0 saturated heterocycles. The SMILES string of the molecule is CC(CNC(C)C)Cc1cc(F)ccc1Cl. The van der Waals surface area contributed by atoms with Crippen LogP contribution in [0.4, 0.5) is 4.39 Å². The lowest BCUT2D eigenvalue weighted by atomic mass is 10.0. The predicted octanol–water partition coefficient (Wildman–Crippen LogP) is 3.66. The molecule has 3 heteroatoms. The Labute approximate surface area is 102 Å². The van der Waals surface area contributed by atoms with E-state index in [9.17, 15) is 4.39 Å². The molecule has 0 radical (unpaired) electrons. The Morgan fingerprint density at radius 3 is 2.62 bits per heavy atom. The van der Waals surface area contributed by atoms with Gasteiger partial charge < -0.3 is 5.32 Å². The Morgan fingerprint density at radius 2 is 2.00 bits per heavy atom. The van der Waals surface area contributed by atoms with Gasteiger partial charge in [0.25, 0.3) is 0 Å². The van der Waals surface area contributed by atoms with E-state index < -0.39 is 0 Å². The lowest BCUT2D eigenvalue weighted by Crippen LogP contribution is -2.28. The summed E-state index contributed by atoms with van der Waals surface area (Å²) < 4.78 is 13.0. The van der Waals surface area contributed by atoms with Crippen molar-refractivity contribution in [3.05, 3.63) is 34.6 Å². The molecule has 0 bridgehead atoms. The van der Waals surface area contributed by atoms with Crippen molar-refractivity contribution in [2.75, 3.05) is 6.54 Å². The summed E-state index contributed by atoms with van der Waals surface area (Å²) in [5.74, 6) is 0.227. The van der Waals surface area contributed by atoms with Crippen molar-refractivity contribution < 1.29 is 4.39 Å². The lowest BCUT2D eigenvalue weighted by Gasteiger charge is -2.15. The van der Waals surface area contributed by atoms with E-state index in [0.717, 1.165) is 18.5 Å². The van der Waals surface area contributed by atoms with E-state index in [0.29, 0.717) is 17.0 Å². The van der Waals surface area contributed by atoms with E-state index in [1.165, 1.54) is 12.1 Å². The zero-order valence-corrected chi connectivity index (χ0v) is 10.8. The van der Waals surface area contributed by atoms with E-state index in [4.69, 9.17) is 11.6 Å². The molecule has 0 aliphatic rings. The number of hydrogen-bond acceptors (Lipinski definition) is 1. The molecule has 0 saturated carbocycles. The van der Waals surface area contributed by atoms with Crippen molar-refractivity contribution in [2.24, 2.45) is 5.92 Å². The van der Waals surface area contributed by atoms with Crippen molar-refractivity contribution in [1.82, 2.24) is 5.32 Å². The number of benzene rings is 1. The van der Waals surface area contributed by atoms with Crippen molar-refractivity contribution in [1.29, 1.82) is 0 Å². The summed E-state index contributed by atoms with van der Waals surface area (Å²) in [6, 6.07) is 5.01. The number of halogens is 2. The van der Waals surface area contributed by atoms with Crippen molar-refractivity contribution >= 4 is 11.6 Å². The van der Waals surface area contributed by atoms with Crippen LogP contribution in [0.15, 0.2) is 18.2 Å². The normalized spacial score (nSPS) is 13.1. The summed E-state index contributed by atoms with van der Waals surface area (Å²) in [6.45, 7) is 7.28. The molecule has 1 atom stereocenters. The zero-order valence-electron chi connectivity index (χ0n) is 10.1. The zero-order chi connectivity index (χ0) is 12.1. The molecule has 0 aliphatic carbocycles. The van der Waals surface area contributed by atoms with Crippen LogP contribution in [0.5, 0.6) is 0 Å². The third-order valence-corrected chi connectivity index (χ3v) is 2.82. The van der Waals surface area contributed by atoms with Crippen LogP contribution in [0.3, 0.4) is 0 Å². The first-order valence-electron chi connectivity index (χ1n) is 5.66. The maximum absolute atomic E-state index is 13.0. The third kappa shape index (κ3) is 4.50. The topological polar surface area (TPSA) is 12.0 Å². The molecule has 1 N–H and O–H groups in total. The van der Waals surface area contributed by atoms with Crippen molar-refractivity contribution in [2.45, 2.75) is 33.2 Å². The Morgan fingerprint density at radius 1 is 1.31 bits per heavy atom. The van der Waals surface area contributed by atoms with Crippen LogP contribution in [0.25, 0.3) is 0 Å². The largest absolute Gasteiger partial charge is 0.314 e. The highest BCUT2D eigenvalue weighted by Crippen LogP contribution is 2.20. The molecular weight excluding hydrogens is 225 g/mol. The van der Waals surface area contributed by atoms with Gasteiger partial charge in [0.15, 0.2) is 0 Å². The van der Waals surface area contributed by atoms with Crippen LogP contribution >= 0.6 is 11.6 Å². The molecule has 0 heterocycles. The maximum atomic E-state index is 13.0. The highest BCUT2D eigenvalue weighted by atomic mass is 35.5. The Kier molecular flexibility index (Phi) is 5.23. The lowest BCUT2D eigenvalue weighted by molar-refractivity contribution is 0.475. The first-order valence-corrected chi connectivity index (χ1v) is 6.04. The fourth-order valence-corrected chi connectivity index (χ4v) is 1.78. The molecule has 1 rings (SSSR count). The average molecular weight is 244 g/mol. The predicted molar refractivity (Wildman–Crippen MR) is 67.4 cm³/mol. The average Bonchev–Trinajstić information content (AvgIpc) is 2.20. The minimum atomic E-state index is -0.219. The van der Waals surface area contributed by atoms with Crippen LogP contribution in [0, 0.1) is 11.7 Å². The fourth-order valence-electron chi connectivity index (χ4n) is 1.58. The molecule has 1 nitrogen and oxygen atoms in total. The summed E-state index contributed by atoms with van der Waals surface area (Å²) in [5.41, 5.74) is 0.889. The van der Waals surface area contributed by atoms with Crippen LogP contribution in [-0.2, 0) is 6.42 Å². The van der Waals surface area contributed by atoms with Crippen molar-refractivity contribution in [3.63, 3.8) is 0 Å². The quantitative estimate of drug-likeness (QED) is 0.832. The monoisotopic (exact) mass is 243 g/mol. The molecule has 0 amide bonds. The minimum Gasteiger partial charge on any atom is -0.314 e. The standard InChI is InChI=1S/C13H19ClFN/c1-9(2)16-8-10(3)6-11-7-12(15)4-5-13(11)14/h4-5,7,9-10,16H,6,8H2,1-3H3. The van der Waals surface area contributed by atoms with Gasteiger partial charge in [-0.3, -0.25) is 0 Å². The molecule has 1 unspecified atom stereocenters. The number of hydrogen-bond donors (Lipinski definition) is 1. The summed E-state index contributed by atoms with van der Waals surface area (Å²) in [7, 11) is 0. The second-order valence-electron chi connectivity index (χ2n) is 4.61. The van der Waals surface area contributed by atoms with Crippen LogP contribution in [0.2, 0.25) is 5.02 Å². The first kappa shape index (κ1) is 13.5. The third-order valence-electron chi connectivity index (χ3n) is 2.45. The van der Waals surface area contributed by atoms with Gasteiger partial charge in [-0.25, -0.2) is 4.39 Å². The Hall–Kier alpha value is -0.600. The highest BCUT2D eigenvalue weighted by Gasteiger charge is 2.08. The summed E-state index contributed by atoms with van der Waals surface area (Å²) in [5, 5.41) is 4.01. The van der Waals surface area contributed by atoms with Gasteiger partial charge in [0.05, 0.1) is 0 Å². The summed E-state index contributed by atoms with van der Waals surface area (Å²) in [6.07, 6.45) is 0.802. The van der Waals surface area contributed by atoms with Gasteiger partial charge in [0.1, 0.15) is 5.82 Å². The van der Waals surface area contributed by atoms with E-state index >= 15 is 0 Å². The van der Waals surface area contributed by atoms with Gasteiger partial charge in [-0.2, -0.15) is 0 Å². The second kappa shape index (κ2) is 6.21. The molecular formula is C13H19ClFN. The van der Waals surface area contributed by atoms with Gasteiger partial charge in [-0.05, 0) is 42.6 Å². The van der Waals surface area contributed by atoms with Gasteiger partial charge >= 0.3 is 0 Å². The van der Waals surface area contributed by atoms with Crippen molar-refractivity contribution in [3.8, 4) is 0 Å². The van der Waals surface area contributed by atoms with Crippen LogP contribution < -0.4 is 5.32 Å². The van der Waals surface area contributed by atoms with Gasteiger partial charge in [0, 0.05) is 11.1 Å². The van der Waals surface area contributed by atoms with E-state index in [-0.39, 0.29) is 5.82 Å². The van der Waals surface area contributed by atoms with E-state index in [1.54, 1.807) is 6.07 Å². The molecule has 0 aromatic heterocycles. The van der Waals surface area contributed by atoms with Gasteiger partial charge in [-0.1, -0.05) is 32.4 Å². The van der Waals surface area contributed by atoms with Crippen LogP contribution in [0.1, 0.15) is 26.3 Å².